The second-order valence-corrected chi connectivity index (χ2v) is 5.81. The highest BCUT2D eigenvalue weighted by Gasteiger charge is 2.31. The number of aliphatic hydroxyl groups excluding tert-OH is 2. The van der Waals surface area contributed by atoms with Crippen LogP contribution in [0.5, 0.6) is 11.5 Å². The van der Waals surface area contributed by atoms with Gasteiger partial charge >= 0.3 is 0 Å². The molecule has 0 aromatic heterocycles. The summed E-state index contributed by atoms with van der Waals surface area (Å²) in [6.45, 7) is 4.01. The molecule has 0 saturated carbocycles. The minimum Gasteiger partial charge on any atom is -0.507 e. The summed E-state index contributed by atoms with van der Waals surface area (Å²) in [5.41, 5.74) is 3.60. The molecule has 0 radical (unpaired) electrons. The van der Waals surface area contributed by atoms with Crippen molar-refractivity contribution in [1.82, 2.24) is 0 Å². The number of aliphatic hydroxyl groups is 3. The van der Waals surface area contributed by atoms with E-state index < -0.39 is 12.6 Å². The third-order valence-corrected chi connectivity index (χ3v) is 4.22. The molecule has 1 heterocycles. The van der Waals surface area contributed by atoms with Gasteiger partial charge in [-0.3, -0.25) is 0 Å². The molecule has 1 aromatic rings. The quantitative estimate of drug-likeness (QED) is 0.470. The van der Waals surface area contributed by atoms with E-state index in [0.717, 1.165) is 16.7 Å². The van der Waals surface area contributed by atoms with Gasteiger partial charge in [-0.1, -0.05) is 11.6 Å². The summed E-state index contributed by atoms with van der Waals surface area (Å²) < 4.78 is 10.6. The van der Waals surface area contributed by atoms with Gasteiger partial charge in [-0.05, 0) is 37.8 Å². The normalized spacial score (nSPS) is 17.7. The molecule has 0 saturated heterocycles. The molecule has 6 heteroatoms. The Morgan fingerprint density at radius 1 is 1.43 bits per heavy atom. The Labute approximate surface area is 135 Å². The van der Waals surface area contributed by atoms with Crippen LogP contribution in [0.25, 0.3) is 0 Å². The molecule has 4 N–H and O–H groups in total. The van der Waals surface area contributed by atoms with Crippen LogP contribution in [0.2, 0.25) is 0 Å². The maximum absolute atomic E-state index is 10.5. The first-order valence-corrected chi connectivity index (χ1v) is 7.59. The lowest BCUT2D eigenvalue weighted by atomic mass is 9.94. The lowest BCUT2D eigenvalue weighted by Crippen LogP contribution is -2.04. The molecular formula is C17H24O6. The molecule has 2 rings (SSSR count). The van der Waals surface area contributed by atoms with Crippen LogP contribution in [-0.4, -0.2) is 33.8 Å². The molecule has 23 heavy (non-hydrogen) atoms. The molecule has 0 spiro atoms. The van der Waals surface area contributed by atoms with Gasteiger partial charge in [0, 0.05) is 12.0 Å². The Morgan fingerprint density at radius 3 is 2.74 bits per heavy atom. The third-order valence-electron chi connectivity index (χ3n) is 4.22. The molecule has 1 aromatic carbocycles. The zero-order valence-electron chi connectivity index (χ0n) is 13.7. The minimum absolute atomic E-state index is 0.00121. The van der Waals surface area contributed by atoms with Gasteiger partial charge in [-0.15, -0.1) is 0 Å². The summed E-state index contributed by atoms with van der Waals surface area (Å²) in [6.07, 6.45) is 0.702. The number of phenols is 1. The summed E-state index contributed by atoms with van der Waals surface area (Å²) in [6, 6.07) is 0. The zero-order valence-corrected chi connectivity index (χ0v) is 13.7. The first-order valence-electron chi connectivity index (χ1n) is 7.59. The van der Waals surface area contributed by atoms with Crippen molar-refractivity contribution in [2.24, 2.45) is 0 Å². The van der Waals surface area contributed by atoms with Gasteiger partial charge in [-0.2, -0.15) is 0 Å². The predicted octanol–water partition coefficient (Wildman–Crippen LogP) is 1.81. The van der Waals surface area contributed by atoms with Crippen molar-refractivity contribution in [1.29, 1.82) is 0 Å². The monoisotopic (exact) mass is 324 g/mol. The summed E-state index contributed by atoms with van der Waals surface area (Å²) in [5.74, 6) is 0.587. The van der Waals surface area contributed by atoms with E-state index in [1.165, 1.54) is 0 Å². The van der Waals surface area contributed by atoms with Crippen LogP contribution in [-0.2, 0) is 17.8 Å². The van der Waals surface area contributed by atoms with Gasteiger partial charge in [0.1, 0.15) is 11.5 Å². The fraction of sp³-hybridized carbons (Fsp3) is 0.529. The summed E-state index contributed by atoms with van der Waals surface area (Å²) in [7, 11) is 1.54. The average Bonchev–Trinajstić information content (AvgIpc) is 2.89. The molecule has 1 aliphatic heterocycles. The number of benzene rings is 1. The number of ether oxygens (including phenoxy) is 2. The van der Waals surface area contributed by atoms with E-state index >= 15 is 0 Å². The fourth-order valence-electron chi connectivity index (χ4n) is 2.88. The summed E-state index contributed by atoms with van der Waals surface area (Å²) in [5, 5.41) is 38.2. The van der Waals surface area contributed by atoms with Gasteiger partial charge < -0.3 is 29.9 Å². The van der Waals surface area contributed by atoms with Crippen molar-refractivity contribution in [3.63, 3.8) is 0 Å². The molecule has 0 bridgehead atoms. The van der Waals surface area contributed by atoms with Crippen molar-refractivity contribution in [2.45, 2.75) is 52.3 Å². The highest BCUT2D eigenvalue weighted by molar-refractivity contribution is 5.60. The summed E-state index contributed by atoms with van der Waals surface area (Å²) in [4.78, 5) is 0. The summed E-state index contributed by atoms with van der Waals surface area (Å²) >= 11 is 0. The van der Waals surface area contributed by atoms with Gasteiger partial charge in [0.25, 0.3) is 0 Å². The van der Waals surface area contributed by atoms with Gasteiger partial charge in [0.2, 0.25) is 0 Å². The van der Waals surface area contributed by atoms with Crippen molar-refractivity contribution in [3.8, 4) is 11.5 Å². The Kier molecular flexibility index (Phi) is 5.64. The molecule has 0 aliphatic carbocycles. The first-order chi connectivity index (χ1) is 10.9. The van der Waals surface area contributed by atoms with Crippen molar-refractivity contribution in [3.05, 3.63) is 33.9 Å². The maximum Gasteiger partial charge on any atom is 0.185 e. The van der Waals surface area contributed by atoms with Crippen LogP contribution in [0, 0.1) is 6.92 Å². The lowest BCUT2D eigenvalue weighted by molar-refractivity contribution is -0.0926. The van der Waals surface area contributed by atoms with E-state index in [1.54, 1.807) is 7.11 Å². The van der Waals surface area contributed by atoms with Crippen LogP contribution >= 0.6 is 0 Å². The molecule has 1 atom stereocenters. The van der Waals surface area contributed by atoms with E-state index in [2.05, 4.69) is 0 Å². The molecule has 0 fully saturated rings. The van der Waals surface area contributed by atoms with E-state index in [9.17, 15) is 10.2 Å². The second-order valence-electron chi connectivity index (χ2n) is 5.81. The van der Waals surface area contributed by atoms with E-state index in [4.69, 9.17) is 19.7 Å². The minimum atomic E-state index is -1.32. The molecule has 1 aliphatic rings. The Morgan fingerprint density at radius 2 is 2.13 bits per heavy atom. The number of allylic oxidation sites excluding steroid dienone is 2. The van der Waals surface area contributed by atoms with E-state index in [0.29, 0.717) is 29.7 Å². The largest absolute Gasteiger partial charge is 0.507 e. The molecule has 6 nitrogen and oxygen atoms in total. The SMILES string of the molecule is COc1c(C)c2c(c(O)c1C/C=C(\C)CCC(O)O)C(O)OC2. The number of phenolic OH excluding ortho intramolecular Hbond substituents is 1. The van der Waals surface area contributed by atoms with Crippen LogP contribution in [0.1, 0.15) is 48.3 Å². The fourth-order valence-corrected chi connectivity index (χ4v) is 2.88. The zero-order chi connectivity index (χ0) is 17.1. The highest BCUT2D eigenvalue weighted by Crippen LogP contribution is 2.45. The predicted molar refractivity (Wildman–Crippen MR) is 84.1 cm³/mol. The number of rotatable bonds is 6. The number of methoxy groups -OCH3 is 1. The highest BCUT2D eigenvalue weighted by atomic mass is 16.6. The van der Waals surface area contributed by atoms with Gasteiger partial charge in [-0.25, -0.2) is 0 Å². The molecular weight excluding hydrogens is 300 g/mol. The van der Waals surface area contributed by atoms with Crippen molar-refractivity contribution in [2.75, 3.05) is 7.11 Å². The van der Waals surface area contributed by atoms with Crippen LogP contribution in [0.4, 0.5) is 0 Å². The number of hydrogen-bond acceptors (Lipinski definition) is 6. The maximum atomic E-state index is 10.5. The molecule has 1 unspecified atom stereocenters. The second kappa shape index (κ2) is 7.31. The van der Waals surface area contributed by atoms with Crippen LogP contribution in [0.15, 0.2) is 11.6 Å². The number of fused-ring (bicyclic) bond motifs is 1. The van der Waals surface area contributed by atoms with Crippen molar-refractivity contribution >= 4 is 0 Å². The van der Waals surface area contributed by atoms with E-state index in [1.807, 2.05) is 19.9 Å². The average molecular weight is 324 g/mol. The Hall–Kier alpha value is -1.60. The molecule has 0 amide bonds. The number of hydrogen-bond donors (Lipinski definition) is 4. The van der Waals surface area contributed by atoms with Gasteiger partial charge in [0.05, 0.1) is 19.3 Å². The topological polar surface area (TPSA) is 99.4 Å². The number of aromatic hydroxyl groups is 1. The van der Waals surface area contributed by atoms with Crippen LogP contribution in [0.3, 0.4) is 0 Å². The van der Waals surface area contributed by atoms with Crippen molar-refractivity contribution < 1.29 is 29.9 Å². The first kappa shape index (κ1) is 17.7. The Bertz CT molecular complexity index is 606. The standard InChI is InChI=1S/C17H24O6/c1-9(5-7-13(18)19)4-6-11-15(20)14-12(8-23-17(14)21)10(2)16(11)22-3/h4,13,17-21H,5-8H2,1-3H3/b9-4+. The lowest BCUT2D eigenvalue weighted by Gasteiger charge is -2.17. The third kappa shape index (κ3) is 3.67. The van der Waals surface area contributed by atoms with Crippen LogP contribution < -0.4 is 4.74 Å². The molecule has 128 valence electrons. The van der Waals surface area contributed by atoms with Gasteiger partial charge in [0.15, 0.2) is 12.6 Å². The Balaban J connectivity index is 2.33. The smallest absolute Gasteiger partial charge is 0.185 e. The van der Waals surface area contributed by atoms with E-state index in [-0.39, 0.29) is 18.8 Å².